The molecule has 0 aromatic heterocycles. The van der Waals surface area contributed by atoms with Gasteiger partial charge in [0, 0.05) is 11.9 Å². The minimum Gasteiger partial charge on any atom is -0.550 e. The second-order valence-electron chi connectivity index (χ2n) is 4.98. The first-order valence-corrected chi connectivity index (χ1v) is 8.38. The Morgan fingerprint density at radius 2 is 1.00 bits per heavy atom. The molecular formula is C16H30O4SSn. The second-order valence-corrected chi connectivity index (χ2v) is 6.20. The third-order valence-corrected chi connectivity index (χ3v) is 3.30. The maximum Gasteiger partial charge on any atom is 2.00 e. The zero-order valence-electron chi connectivity index (χ0n) is 14.8. The van der Waals surface area contributed by atoms with Gasteiger partial charge in [-0.05, 0) is 36.2 Å². The van der Waals surface area contributed by atoms with Gasteiger partial charge >= 0.3 is 23.9 Å². The van der Waals surface area contributed by atoms with Crippen molar-refractivity contribution in [1.29, 1.82) is 0 Å². The molecule has 4 radical (unpaired) electrons. The molecule has 6 heteroatoms. The van der Waals surface area contributed by atoms with E-state index in [1.807, 2.05) is 0 Å². The molecule has 0 rings (SSSR count). The Balaban J connectivity index is -0.000000124. The molecule has 128 valence electrons. The van der Waals surface area contributed by atoms with Crippen LogP contribution in [0.4, 0.5) is 0 Å². The Bertz CT molecular complexity index is 222. The molecule has 0 fully saturated rings. The van der Waals surface area contributed by atoms with Crippen LogP contribution >= 0.6 is 11.8 Å². The zero-order chi connectivity index (χ0) is 17.3. The molecular weight excluding hydrogens is 407 g/mol. The molecule has 0 aliphatic carbocycles. The molecule has 0 saturated carbocycles. The Morgan fingerprint density at radius 1 is 0.773 bits per heavy atom. The fraction of sp³-hybridized carbons (Fsp3) is 0.750. The number of hydrogen-bond donors (Lipinski definition) is 0. The average Bonchev–Trinajstić information content (AvgIpc) is 2.38. The number of carbonyl (C=O) groups is 2. The molecule has 0 saturated heterocycles. The van der Waals surface area contributed by atoms with Gasteiger partial charge < -0.3 is 19.8 Å². The summed E-state index contributed by atoms with van der Waals surface area (Å²) in [6, 6.07) is 0. The summed E-state index contributed by atoms with van der Waals surface area (Å²) in [6.45, 7) is 12.9. The van der Waals surface area contributed by atoms with Crippen molar-refractivity contribution in [3.63, 3.8) is 0 Å². The van der Waals surface area contributed by atoms with E-state index in [4.69, 9.17) is 0 Å². The molecule has 0 aromatic rings. The quantitative estimate of drug-likeness (QED) is 0.426. The zero-order valence-corrected chi connectivity index (χ0v) is 18.5. The predicted molar refractivity (Wildman–Crippen MR) is 92.1 cm³/mol. The van der Waals surface area contributed by atoms with Gasteiger partial charge in [-0.1, -0.05) is 54.4 Å². The Morgan fingerprint density at radius 3 is 1.14 bits per heavy atom. The number of rotatable bonds is 8. The third-order valence-electron chi connectivity index (χ3n) is 2.32. The number of carbonyl (C=O) groups excluding carboxylic acids is 2. The third kappa shape index (κ3) is 50.1. The van der Waals surface area contributed by atoms with Crippen LogP contribution in [0.1, 0.15) is 67.2 Å². The van der Waals surface area contributed by atoms with E-state index in [0.29, 0.717) is 11.5 Å². The molecule has 0 heterocycles. The molecule has 0 aliphatic heterocycles. The van der Waals surface area contributed by atoms with Crippen molar-refractivity contribution in [3.05, 3.63) is 11.8 Å². The minimum atomic E-state index is -1.11. The van der Waals surface area contributed by atoms with Crippen molar-refractivity contribution >= 4 is 47.6 Å². The summed E-state index contributed by atoms with van der Waals surface area (Å²) in [5.74, 6) is 1.59. The van der Waals surface area contributed by atoms with Crippen molar-refractivity contribution in [2.24, 2.45) is 0 Å². The molecule has 0 amide bonds. The molecule has 0 atom stereocenters. The van der Waals surface area contributed by atoms with E-state index in [2.05, 4.69) is 41.5 Å². The largest absolute Gasteiger partial charge is 2.00 e. The Hall–Kier alpha value is 0.0887. The first-order valence-electron chi connectivity index (χ1n) is 7.22. The summed E-state index contributed by atoms with van der Waals surface area (Å²) in [4.78, 5) is 19.7. The number of hydrogen-bond acceptors (Lipinski definition) is 5. The van der Waals surface area contributed by atoms with Crippen LogP contribution in [-0.2, 0) is 9.59 Å². The van der Waals surface area contributed by atoms with Crippen LogP contribution in [-0.4, -0.2) is 47.4 Å². The number of thioether (sulfide) groups is 1. The van der Waals surface area contributed by atoms with Crippen LogP contribution < -0.4 is 10.2 Å². The van der Waals surface area contributed by atoms with Crippen molar-refractivity contribution < 1.29 is 19.8 Å². The van der Waals surface area contributed by atoms with Gasteiger partial charge in [-0.3, -0.25) is 0 Å². The van der Waals surface area contributed by atoms with Gasteiger partial charge in [-0.2, -0.15) is 11.8 Å². The molecule has 22 heavy (non-hydrogen) atoms. The number of carboxylic acid groups (broad SMARTS) is 2. The van der Waals surface area contributed by atoms with Gasteiger partial charge in [0.05, 0.1) is 0 Å². The van der Waals surface area contributed by atoms with E-state index in [0.717, 1.165) is 0 Å². The van der Waals surface area contributed by atoms with E-state index < -0.39 is 11.9 Å². The van der Waals surface area contributed by atoms with E-state index in [-0.39, 0.29) is 36.7 Å². The summed E-state index contributed by atoms with van der Waals surface area (Å²) in [7, 11) is 0. The first kappa shape index (κ1) is 30.0. The predicted octanol–water partition coefficient (Wildman–Crippen LogP) is 1.64. The van der Waals surface area contributed by atoms with Crippen LogP contribution in [0.2, 0.25) is 0 Å². The molecule has 0 aliphatic rings. The van der Waals surface area contributed by atoms with E-state index >= 15 is 0 Å². The maximum absolute atomic E-state index is 9.84. The minimum absolute atomic E-state index is 0. The SMILES string of the molecule is CC[C](C)C.CC[C](C)C.O=C([O-])CCSCCC(=O)[O-].[Sn+2]. The molecule has 0 aromatic carbocycles. The smallest absolute Gasteiger partial charge is 0.550 e. The van der Waals surface area contributed by atoms with E-state index in [9.17, 15) is 19.8 Å². The Labute approximate surface area is 157 Å². The Kier molecular flexibility index (Phi) is 31.9. The van der Waals surface area contributed by atoms with E-state index in [1.54, 1.807) is 0 Å². The van der Waals surface area contributed by atoms with Crippen LogP contribution in [0.3, 0.4) is 0 Å². The molecule has 0 unspecified atom stereocenters. The van der Waals surface area contributed by atoms with Gasteiger partial charge in [-0.15, -0.1) is 0 Å². The number of aliphatic carboxylic acids is 2. The van der Waals surface area contributed by atoms with Crippen molar-refractivity contribution in [3.8, 4) is 0 Å². The van der Waals surface area contributed by atoms with Gasteiger partial charge in [0.2, 0.25) is 0 Å². The summed E-state index contributed by atoms with van der Waals surface area (Å²) >= 11 is 1.27. The van der Waals surface area contributed by atoms with Gasteiger partial charge in [0.25, 0.3) is 0 Å². The van der Waals surface area contributed by atoms with E-state index in [1.165, 1.54) is 36.4 Å². The first-order chi connectivity index (χ1) is 9.67. The molecule has 4 nitrogen and oxygen atoms in total. The fourth-order valence-corrected chi connectivity index (χ4v) is 1.24. The summed E-state index contributed by atoms with van der Waals surface area (Å²) in [5.41, 5.74) is 0. The molecule has 0 bridgehead atoms. The van der Waals surface area contributed by atoms with Crippen molar-refractivity contribution in [2.45, 2.75) is 67.2 Å². The van der Waals surface area contributed by atoms with Crippen molar-refractivity contribution in [2.75, 3.05) is 11.5 Å². The monoisotopic (exact) mass is 438 g/mol. The topological polar surface area (TPSA) is 80.3 Å². The van der Waals surface area contributed by atoms with Gasteiger partial charge in [0.1, 0.15) is 0 Å². The van der Waals surface area contributed by atoms with Gasteiger partial charge in [0.15, 0.2) is 0 Å². The maximum atomic E-state index is 9.84. The van der Waals surface area contributed by atoms with Crippen LogP contribution in [0.25, 0.3) is 0 Å². The normalized spacial score (nSPS) is 9.09. The van der Waals surface area contributed by atoms with Crippen molar-refractivity contribution in [1.82, 2.24) is 0 Å². The van der Waals surface area contributed by atoms with Gasteiger partial charge in [-0.25, -0.2) is 0 Å². The fourth-order valence-electron chi connectivity index (χ4n) is 0.413. The summed E-state index contributed by atoms with van der Waals surface area (Å²) in [6.07, 6.45) is 2.38. The van der Waals surface area contributed by atoms with Crippen LogP contribution in [0.5, 0.6) is 0 Å². The van der Waals surface area contributed by atoms with Crippen LogP contribution in [0, 0.1) is 11.8 Å². The summed E-state index contributed by atoms with van der Waals surface area (Å²) < 4.78 is 0. The second kappa shape index (κ2) is 23.4. The summed E-state index contributed by atoms with van der Waals surface area (Å²) in [5, 5.41) is 19.7. The van der Waals surface area contributed by atoms with Crippen LogP contribution in [0.15, 0.2) is 0 Å². The molecule has 0 N–H and O–H groups in total. The number of carboxylic acids is 2. The average molecular weight is 437 g/mol. The standard InChI is InChI=1S/C6H10O4S.2C5H11.Sn/c7-5(8)1-3-11-4-2-6(9)10;2*1-4-5(2)3;/h1-4H2,(H,7,8)(H,9,10);2*4H2,1-3H3;/q;;;+2/p-2. The molecule has 0 spiro atoms.